The standard InChI is InChI=1S/C3H22O6Si7/c1-16(2,3)9-15-8-14-7-13-6-12-5-11-4-10/h11-15H2,1-3,10H3. The first kappa shape index (κ1) is 17.3. The van der Waals surface area contributed by atoms with Crippen molar-refractivity contribution in [1.82, 2.24) is 0 Å². The fourth-order valence-corrected chi connectivity index (χ4v) is 11.0. The maximum absolute atomic E-state index is 5.65. The van der Waals surface area contributed by atoms with Crippen LogP contribution in [-0.4, -0.2) is 68.8 Å². The molecular weight excluding hydrogens is 329 g/mol. The van der Waals surface area contributed by atoms with E-state index in [-0.39, 0.29) is 0 Å². The quantitative estimate of drug-likeness (QED) is 0.275. The molecule has 0 radical (unpaired) electrons. The summed E-state index contributed by atoms with van der Waals surface area (Å²) in [4.78, 5) is 0. The molecule has 0 aliphatic rings. The van der Waals surface area contributed by atoms with E-state index < -0.39 is 58.4 Å². The monoisotopic (exact) mass is 350 g/mol. The smallest absolute Gasteiger partial charge is 0.286 e. The predicted molar refractivity (Wildman–Crippen MR) is 82.5 cm³/mol. The van der Waals surface area contributed by atoms with Crippen molar-refractivity contribution in [3.63, 3.8) is 0 Å². The second kappa shape index (κ2) is 11.4. The molecule has 0 N–H and O–H groups in total. The van der Waals surface area contributed by atoms with Crippen LogP contribution in [0, 0.1) is 0 Å². The second-order valence-corrected chi connectivity index (χ2v) is 19.4. The highest BCUT2D eigenvalue weighted by Gasteiger charge is 2.13. The molecule has 0 aliphatic carbocycles. The van der Waals surface area contributed by atoms with Crippen LogP contribution in [0.2, 0.25) is 19.6 Å². The Morgan fingerprint density at radius 1 is 0.750 bits per heavy atom. The van der Waals surface area contributed by atoms with Crippen LogP contribution in [0.15, 0.2) is 0 Å². The molecule has 0 aromatic rings. The lowest BCUT2D eigenvalue weighted by Gasteiger charge is -2.17. The van der Waals surface area contributed by atoms with Crippen LogP contribution in [0.5, 0.6) is 0 Å². The van der Waals surface area contributed by atoms with Gasteiger partial charge in [0.1, 0.15) is 10.5 Å². The molecule has 13 heteroatoms. The maximum atomic E-state index is 5.65. The van der Waals surface area contributed by atoms with Crippen molar-refractivity contribution in [1.29, 1.82) is 0 Å². The summed E-state index contributed by atoms with van der Waals surface area (Å²) < 4.78 is 32.0. The third kappa shape index (κ3) is 15.3. The Balaban J connectivity index is 2.99. The molecule has 0 fully saturated rings. The van der Waals surface area contributed by atoms with Crippen molar-refractivity contribution < 1.29 is 24.7 Å². The van der Waals surface area contributed by atoms with E-state index in [9.17, 15) is 0 Å². The van der Waals surface area contributed by atoms with E-state index in [1.165, 1.54) is 0 Å². The topological polar surface area (TPSA) is 55.4 Å². The van der Waals surface area contributed by atoms with E-state index in [1.807, 2.05) is 0 Å². The van der Waals surface area contributed by atoms with Crippen LogP contribution >= 0.6 is 0 Å². The first-order valence-corrected chi connectivity index (χ1v) is 15.0. The van der Waals surface area contributed by atoms with Gasteiger partial charge in [0.25, 0.3) is 50.0 Å². The summed E-state index contributed by atoms with van der Waals surface area (Å²) >= 11 is 0. The normalized spacial score (nSPS) is 15.9. The summed E-state index contributed by atoms with van der Waals surface area (Å²) in [5, 5.41) is 0. The van der Waals surface area contributed by atoms with E-state index in [2.05, 4.69) is 19.6 Å². The van der Waals surface area contributed by atoms with E-state index in [1.54, 1.807) is 0 Å². The lowest BCUT2D eigenvalue weighted by atomic mass is 11.8. The van der Waals surface area contributed by atoms with Gasteiger partial charge in [-0.2, -0.15) is 0 Å². The van der Waals surface area contributed by atoms with E-state index >= 15 is 0 Å². The van der Waals surface area contributed by atoms with Gasteiger partial charge in [-0.05, 0) is 19.6 Å². The molecule has 0 saturated heterocycles. The zero-order valence-corrected chi connectivity index (χ0v) is 20.6. The van der Waals surface area contributed by atoms with E-state index in [4.69, 9.17) is 24.7 Å². The molecule has 0 atom stereocenters. The average molecular weight is 351 g/mol. The number of rotatable bonds is 11. The Labute approximate surface area is 113 Å². The van der Waals surface area contributed by atoms with Gasteiger partial charge in [0, 0.05) is 0 Å². The first-order valence-electron chi connectivity index (χ1n) is 5.00. The summed E-state index contributed by atoms with van der Waals surface area (Å²) in [6.45, 7) is 6.49. The highest BCUT2D eigenvalue weighted by Crippen LogP contribution is 2.00. The van der Waals surface area contributed by atoms with Crippen molar-refractivity contribution in [2.45, 2.75) is 19.6 Å². The molecular formula is C3H22O6Si7. The lowest BCUT2D eigenvalue weighted by Crippen LogP contribution is -2.29. The molecule has 6 nitrogen and oxygen atoms in total. The minimum Gasteiger partial charge on any atom is -0.449 e. The van der Waals surface area contributed by atoms with E-state index in [0.717, 1.165) is 10.5 Å². The Bertz CT molecular complexity index is 154. The Kier molecular flexibility index (Phi) is 12.3. The zero-order chi connectivity index (χ0) is 12.3. The molecule has 0 spiro atoms. The summed E-state index contributed by atoms with van der Waals surface area (Å²) in [7, 11) is -4.63. The molecule has 0 bridgehead atoms. The van der Waals surface area contributed by atoms with Crippen molar-refractivity contribution in [3.8, 4) is 0 Å². The Hall–Kier alpha value is 1.28. The van der Waals surface area contributed by atoms with Gasteiger partial charge in [0.15, 0.2) is 8.32 Å². The molecule has 0 saturated carbocycles. The summed E-state index contributed by atoms with van der Waals surface area (Å²) in [5.41, 5.74) is 0. The van der Waals surface area contributed by atoms with Gasteiger partial charge in [-0.25, -0.2) is 0 Å². The van der Waals surface area contributed by atoms with Gasteiger partial charge in [0.05, 0.1) is 0 Å². The fraction of sp³-hybridized carbons (Fsp3) is 1.00. The van der Waals surface area contributed by atoms with Gasteiger partial charge >= 0.3 is 0 Å². The maximum Gasteiger partial charge on any atom is 0.286 e. The van der Waals surface area contributed by atoms with Crippen molar-refractivity contribution in [3.05, 3.63) is 0 Å². The second-order valence-electron chi connectivity index (χ2n) is 3.95. The van der Waals surface area contributed by atoms with Crippen molar-refractivity contribution >= 4 is 68.8 Å². The first-order chi connectivity index (χ1) is 7.56. The lowest BCUT2D eigenvalue weighted by molar-refractivity contribution is 0.377. The highest BCUT2D eigenvalue weighted by molar-refractivity contribution is 6.73. The van der Waals surface area contributed by atoms with Crippen LogP contribution in [0.25, 0.3) is 0 Å². The molecule has 98 valence electrons. The van der Waals surface area contributed by atoms with Crippen LogP contribution in [0.1, 0.15) is 0 Å². The molecule has 0 amide bonds. The molecule has 0 aromatic carbocycles. The molecule has 0 aliphatic heterocycles. The zero-order valence-electron chi connectivity index (χ0n) is 10.5. The molecule has 0 heterocycles. The number of hydrogen-bond donors (Lipinski definition) is 0. The summed E-state index contributed by atoms with van der Waals surface area (Å²) in [6.07, 6.45) is 0. The average Bonchev–Trinajstić information content (AvgIpc) is 2.19. The summed E-state index contributed by atoms with van der Waals surface area (Å²) in [6, 6.07) is 0. The fourth-order valence-electron chi connectivity index (χ4n) is 0.615. The molecule has 0 rings (SSSR count). The van der Waals surface area contributed by atoms with Crippen LogP contribution in [-0.2, 0) is 24.7 Å². The minimum atomic E-state index is -1.38. The Morgan fingerprint density at radius 2 is 1.19 bits per heavy atom. The van der Waals surface area contributed by atoms with E-state index in [0.29, 0.717) is 0 Å². The SMILES string of the molecule is C[Si](C)(C)O[SiH2]O[SiH2]O[SiH2]O[SiH2]O[SiH2]O[SiH3]. The molecule has 0 unspecified atom stereocenters. The third-order valence-electron chi connectivity index (χ3n) is 1.28. The largest absolute Gasteiger partial charge is 0.449 e. The molecule has 0 aromatic heterocycles. The van der Waals surface area contributed by atoms with Gasteiger partial charge in [-0.3, -0.25) is 0 Å². The Morgan fingerprint density at radius 3 is 1.62 bits per heavy atom. The van der Waals surface area contributed by atoms with Crippen LogP contribution in [0.3, 0.4) is 0 Å². The van der Waals surface area contributed by atoms with Crippen molar-refractivity contribution in [2.75, 3.05) is 0 Å². The van der Waals surface area contributed by atoms with Crippen LogP contribution in [0.4, 0.5) is 0 Å². The molecule has 16 heavy (non-hydrogen) atoms. The van der Waals surface area contributed by atoms with Crippen LogP contribution < -0.4 is 0 Å². The van der Waals surface area contributed by atoms with Gasteiger partial charge in [-0.15, -0.1) is 0 Å². The van der Waals surface area contributed by atoms with Gasteiger partial charge in [0.2, 0.25) is 0 Å². The minimum absolute atomic E-state index is 0.705. The summed E-state index contributed by atoms with van der Waals surface area (Å²) in [5.74, 6) is 0. The van der Waals surface area contributed by atoms with Gasteiger partial charge < -0.3 is 24.7 Å². The van der Waals surface area contributed by atoms with Gasteiger partial charge in [-0.1, -0.05) is 0 Å². The predicted octanol–water partition coefficient (Wildman–Crippen LogP) is -4.80. The van der Waals surface area contributed by atoms with Crippen molar-refractivity contribution in [2.24, 2.45) is 0 Å². The number of hydrogen-bond acceptors (Lipinski definition) is 6. The third-order valence-corrected chi connectivity index (χ3v) is 11.5. The highest BCUT2D eigenvalue weighted by atomic mass is 28.4.